The highest BCUT2D eigenvalue weighted by molar-refractivity contribution is 6.12. The number of benzene rings is 8. The molecule has 0 bridgehead atoms. The fraction of sp³-hybridized carbons (Fsp3) is 0. The van der Waals surface area contributed by atoms with Crippen molar-refractivity contribution in [2.45, 2.75) is 0 Å². The van der Waals surface area contributed by atoms with Gasteiger partial charge in [-0.1, -0.05) is 109 Å². The van der Waals surface area contributed by atoms with Gasteiger partial charge in [0.05, 0.1) is 0 Å². The van der Waals surface area contributed by atoms with Crippen molar-refractivity contribution in [1.29, 1.82) is 0 Å². The Morgan fingerprint density at radius 1 is 0.392 bits per heavy atom. The van der Waals surface area contributed by atoms with Crippen LogP contribution in [0.4, 0.5) is 17.1 Å². The molecule has 0 aliphatic heterocycles. The number of nitrogens with zero attached hydrogens (tertiary/aromatic N) is 2. The van der Waals surface area contributed by atoms with E-state index in [1.54, 1.807) is 0 Å². The first kappa shape index (κ1) is 29.0. The summed E-state index contributed by atoms with van der Waals surface area (Å²) in [5, 5.41) is 4.52. The quantitative estimate of drug-likeness (QED) is 0.179. The van der Waals surface area contributed by atoms with Gasteiger partial charge in [0.2, 0.25) is 5.89 Å². The van der Waals surface area contributed by atoms with Crippen LogP contribution in [0.3, 0.4) is 0 Å². The number of hydrogen-bond acceptors (Lipinski definition) is 4. The van der Waals surface area contributed by atoms with E-state index in [0.717, 1.165) is 66.8 Å². The lowest BCUT2D eigenvalue weighted by molar-refractivity contribution is 0.620. The SMILES string of the molecule is c1ccc(N(c2ccc(-c3ccc4c(c3)oc3cccc(-c5nc6ccccc6o5)c34)cc2)c2cccc(-c3cccc4ccccc34)c2)cc1. The van der Waals surface area contributed by atoms with E-state index in [2.05, 4.69) is 144 Å². The van der Waals surface area contributed by atoms with Gasteiger partial charge < -0.3 is 13.7 Å². The van der Waals surface area contributed by atoms with E-state index in [9.17, 15) is 0 Å². The monoisotopic (exact) mass is 654 g/mol. The van der Waals surface area contributed by atoms with E-state index in [1.807, 2.05) is 42.5 Å². The number of hydrogen-bond donors (Lipinski definition) is 0. The van der Waals surface area contributed by atoms with Crippen molar-refractivity contribution >= 4 is 60.9 Å². The Morgan fingerprint density at radius 2 is 1.08 bits per heavy atom. The van der Waals surface area contributed by atoms with Gasteiger partial charge in [-0.3, -0.25) is 0 Å². The second-order valence-corrected chi connectivity index (χ2v) is 12.8. The molecule has 240 valence electrons. The molecule has 2 heterocycles. The number of anilines is 3. The third-order valence-corrected chi connectivity index (χ3v) is 9.70. The van der Waals surface area contributed by atoms with Crippen LogP contribution < -0.4 is 4.90 Å². The summed E-state index contributed by atoms with van der Waals surface area (Å²) in [6, 6.07) is 63.5. The summed E-state index contributed by atoms with van der Waals surface area (Å²) in [4.78, 5) is 7.08. The zero-order chi connectivity index (χ0) is 33.7. The van der Waals surface area contributed by atoms with E-state index in [1.165, 1.54) is 21.9 Å². The minimum Gasteiger partial charge on any atom is -0.456 e. The molecule has 0 radical (unpaired) electrons. The van der Waals surface area contributed by atoms with Gasteiger partial charge in [0, 0.05) is 33.4 Å². The van der Waals surface area contributed by atoms with Gasteiger partial charge in [0.15, 0.2) is 5.58 Å². The fourth-order valence-electron chi connectivity index (χ4n) is 7.29. The highest BCUT2D eigenvalue weighted by Crippen LogP contribution is 2.41. The summed E-state index contributed by atoms with van der Waals surface area (Å²) in [7, 11) is 0. The predicted molar refractivity (Wildman–Crippen MR) is 210 cm³/mol. The van der Waals surface area contributed by atoms with Crippen LogP contribution in [0.25, 0.3) is 77.5 Å². The second kappa shape index (κ2) is 11.9. The molecule has 10 rings (SSSR count). The number of oxazole rings is 1. The van der Waals surface area contributed by atoms with E-state index in [4.69, 9.17) is 13.8 Å². The fourth-order valence-corrected chi connectivity index (χ4v) is 7.29. The zero-order valence-corrected chi connectivity index (χ0v) is 27.5. The van der Waals surface area contributed by atoms with Crippen molar-refractivity contribution in [3.63, 3.8) is 0 Å². The Morgan fingerprint density at radius 3 is 1.98 bits per heavy atom. The Kier molecular flexibility index (Phi) is 6.78. The lowest BCUT2D eigenvalue weighted by Gasteiger charge is -2.26. The van der Waals surface area contributed by atoms with Crippen LogP contribution >= 0.6 is 0 Å². The molecule has 0 spiro atoms. The minimum atomic E-state index is 0.592. The van der Waals surface area contributed by atoms with Crippen LogP contribution in [0.1, 0.15) is 0 Å². The average Bonchev–Trinajstić information content (AvgIpc) is 3.80. The van der Waals surface area contributed by atoms with Gasteiger partial charge in [0.1, 0.15) is 16.7 Å². The first-order valence-corrected chi connectivity index (χ1v) is 17.1. The van der Waals surface area contributed by atoms with Crippen LogP contribution in [-0.2, 0) is 0 Å². The van der Waals surface area contributed by atoms with Crippen LogP contribution in [0.2, 0.25) is 0 Å². The smallest absolute Gasteiger partial charge is 0.228 e. The van der Waals surface area contributed by atoms with Crippen LogP contribution in [0, 0.1) is 0 Å². The number of furan rings is 1. The van der Waals surface area contributed by atoms with Crippen LogP contribution in [0.15, 0.2) is 191 Å². The van der Waals surface area contributed by atoms with Gasteiger partial charge in [0.25, 0.3) is 0 Å². The number of rotatable bonds is 6. The third kappa shape index (κ3) is 5.04. The molecule has 0 N–H and O–H groups in total. The molecule has 0 fully saturated rings. The molecular formula is C47H30N2O2. The lowest BCUT2D eigenvalue weighted by atomic mass is 9.97. The maximum Gasteiger partial charge on any atom is 0.228 e. The molecule has 0 unspecified atom stereocenters. The zero-order valence-electron chi connectivity index (χ0n) is 27.5. The highest BCUT2D eigenvalue weighted by Gasteiger charge is 2.18. The van der Waals surface area contributed by atoms with Gasteiger partial charge in [-0.15, -0.1) is 0 Å². The second-order valence-electron chi connectivity index (χ2n) is 12.8. The summed E-state index contributed by atoms with van der Waals surface area (Å²) in [5.74, 6) is 0.592. The highest BCUT2D eigenvalue weighted by atomic mass is 16.3. The molecule has 2 aromatic heterocycles. The predicted octanol–water partition coefficient (Wildman–Crippen LogP) is 13.4. The van der Waals surface area contributed by atoms with Gasteiger partial charge in [-0.05, 0) is 106 Å². The molecule has 0 saturated carbocycles. The first-order chi connectivity index (χ1) is 25.3. The maximum absolute atomic E-state index is 6.43. The molecular weight excluding hydrogens is 625 g/mol. The molecule has 10 aromatic rings. The number of aromatic nitrogens is 1. The largest absolute Gasteiger partial charge is 0.456 e. The molecule has 4 nitrogen and oxygen atoms in total. The molecule has 0 atom stereocenters. The molecule has 51 heavy (non-hydrogen) atoms. The third-order valence-electron chi connectivity index (χ3n) is 9.70. The molecule has 0 amide bonds. The van der Waals surface area contributed by atoms with Crippen molar-refractivity contribution in [2.75, 3.05) is 4.90 Å². The van der Waals surface area contributed by atoms with Crippen molar-refractivity contribution in [2.24, 2.45) is 0 Å². The van der Waals surface area contributed by atoms with E-state index in [-0.39, 0.29) is 0 Å². The van der Waals surface area contributed by atoms with E-state index < -0.39 is 0 Å². The molecule has 8 aromatic carbocycles. The Hall–Kier alpha value is -6.91. The summed E-state index contributed by atoms with van der Waals surface area (Å²) in [5.41, 5.74) is 12.0. The number of para-hydroxylation sites is 3. The Labute approximate surface area is 294 Å². The normalized spacial score (nSPS) is 11.5. The topological polar surface area (TPSA) is 42.4 Å². The molecule has 4 heteroatoms. The maximum atomic E-state index is 6.43. The molecule has 0 aliphatic rings. The summed E-state index contributed by atoms with van der Waals surface area (Å²) in [6.45, 7) is 0. The van der Waals surface area contributed by atoms with Crippen LogP contribution in [-0.4, -0.2) is 4.98 Å². The van der Waals surface area contributed by atoms with Crippen molar-refractivity contribution in [3.05, 3.63) is 182 Å². The summed E-state index contributed by atoms with van der Waals surface area (Å²) in [6.07, 6.45) is 0. The number of fused-ring (bicyclic) bond motifs is 5. The van der Waals surface area contributed by atoms with Crippen molar-refractivity contribution in [3.8, 4) is 33.7 Å². The molecule has 0 aliphatic carbocycles. The van der Waals surface area contributed by atoms with Crippen LogP contribution in [0.5, 0.6) is 0 Å². The van der Waals surface area contributed by atoms with Crippen molar-refractivity contribution < 1.29 is 8.83 Å². The summed E-state index contributed by atoms with van der Waals surface area (Å²) < 4.78 is 12.6. The summed E-state index contributed by atoms with van der Waals surface area (Å²) >= 11 is 0. The van der Waals surface area contributed by atoms with Gasteiger partial charge >= 0.3 is 0 Å². The Balaban J connectivity index is 1.02. The molecule has 0 saturated heterocycles. The average molecular weight is 655 g/mol. The van der Waals surface area contributed by atoms with Gasteiger partial charge in [-0.25, -0.2) is 4.98 Å². The van der Waals surface area contributed by atoms with Gasteiger partial charge in [-0.2, -0.15) is 0 Å². The standard InChI is InChI=1S/C47H30N2O2/c1-2-14-35(15-3-1)49(37-16-8-13-34(29-37)39-18-9-12-32-11-4-5-17-38(32)39)36-26-23-31(24-27-36)33-25-28-40-45(30-33)50-44-22-10-19-41(46(40)44)47-48-42-20-6-7-21-43(42)51-47/h1-30H. The van der Waals surface area contributed by atoms with Crippen molar-refractivity contribution in [1.82, 2.24) is 4.98 Å². The minimum absolute atomic E-state index is 0.592. The Bertz CT molecular complexity index is 2830. The lowest BCUT2D eigenvalue weighted by Crippen LogP contribution is -2.09. The van der Waals surface area contributed by atoms with E-state index in [0.29, 0.717) is 5.89 Å². The van der Waals surface area contributed by atoms with E-state index >= 15 is 0 Å². The first-order valence-electron chi connectivity index (χ1n) is 17.1.